The highest BCUT2D eigenvalue weighted by Gasteiger charge is 2.15. The molecule has 2 rings (SSSR count). The number of rotatable bonds is 4. The Labute approximate surface area is 132 Å². The minimum atomic E-state index is -1.00. The summed E-state index contributed by atoms with van der Waals surface area (Å²) in [5, 5.41) is 35.0. The van der Waals surface area contributed by atoms with Crippen molar-refractivity contribution in [3.63, 3.8) is 0 Å². The lowest BCUT2D eigenvalue weighted by Gasteiger charge is -2.09. The SMILES string of the molecule is O=C(Nc1ccc([N+](=O)[O-])cc1O)Nc1cc([N+](=O)[O-])ccc1F. The average Bonchev–Trinajstić information content (AvgIpc) is 2.51. The van der Waals surface area contributed by atoms with Crippen molar-refractivity contribution in [1.29, 1.82) is 0 Å². The third-order valence-electron chi connectivity index (χ3n) is 2.85. The van der Waals surface area contributed by atoms with Crippen molar-refractivity contribution in [1.82, 2.24) is 0 Å². The largest absolute Gasteiger partial charge is 0.506 e. The van der Waals surface area contributed by atoms with Gasteiger partial charge in [0.15, 0.2) is 0 Å². The van der Waals surface area contributed by atoms with E-state index in [1.54, 1.807) is 0 Å². The van der Waals surface area contributed by atoms with E-state index in [1.165, 1.54) is 0 Å². The second kappa shape index (κ2) is 6.56. The Morgan fingerprint density at radius 1 is 0.958 bits per heavy atom. The molecule has 10 nitrogen and oxygen atoms in total. The number of carbonyl (C=O) groups is 1. The van der Waals surface area contributed by atoms with Gasteiger partial charge in [-0.1, -0.05) is 0 Å². The monoisotopic (exact) mass is 336 g/mol. The molecule has 0 heterocycles. The summed E-state index contributed by atoms with van der Waals surface area (Å²) < 4.78 is 13.6. The van der Waals surface area contributed by atoms with E-state index in [9.17, 15) is 34.5 Å². The third kappa shape index (κ3) is 3.71. The Bertz CT molecular complexity index is 841. The molecule has 124 valence electrons. The zero-order valence-corrected chi connectivity index (χ0v) is 11.7. The molecule has 0 saturated heterocycles. The van der Waals surface area contributed by atoms with Crippen LogP contribution in [-0.2, 0) is 0 Å². The molecule has 11 heteroatoms. The summed E-state index contributed by atoms with van der Waals surface area (Å²) >= 11 is 0. The summed E-state index contributed by atoms with van der Waals surface area (Å²) in [7, 11) is 0. The lowest BCUT2D eigenvalue weighted by molar-refractivity contribution is -0.385. The van der Waals surface area contributed by atoms with E-state index >= 15 is 0 Å². The van der Waals surface area contributed by atoms with Gasteiger partial charge in [-0.05, 0) is 12.1 Å². The number of hydrogen-bond acceptors (Lipinski definition) is 6. The standard InChI is InChI=1S/C13H9FN4O6/c14-9-3-1-7(17(21)22)5-11(9)16-13(20)15-10-4-2-8(18(23)24)6-12(10)19/h1-6,19H,(H2,15,16,20). The average molecular weight is 336 g/mol. The lowest BCUT2D eigenvalue weighted by atomic mass is 10.2. The molecular weight excluding hydrogens is 327 g/mol. The van der Waals surface area contributed by atoms with Crippen molar-refractivity contribution in [3.8, 4) is 5.75 Å². The first-order valence-electron chi connectivity index (χ1n) is 6.27. The minimum Gasteiger partial charge on any atom is -0.506 e. The number of urea groups is 1. The zero-order chi connectivity index (χ0) is 17.9. The highest BCUT2D eigenvalue weighted by molar-refractivity contribution is 6.01. The number of non-ortho nitro benzene ring substituents is 2. The quantitative estimate of drug-likeness (QED) is 0.444. The van der Waals surface area contributed by atoms with Gasteiger partial charge < -0.3 is 15.7 Å². The summed E-state index contributed by atoms with van der Waals surface area (Å²) in [5.74, 6) is -1.47. The molecule has 0 aliphatic heterocycles. The normalized spacial score (nSPS) is 10.0. The zero-order valence-electron chi connectivity index (χ0n) is 11.7. The first-order chi connectivity index (χ1) is 11.3. The van der Waals surface area contributed by atoms with Gasteiger partial charge in [-0.3, -0.25) is 20.2 Å². The Kier molecular flexibility index (Phi) is 4.54. The first kappa shape index (κ1) is 16.6. The number of amides is 2. The van der Waals surface area contributed by atoms with Gasteiger partial charge >= 0.3 is 6.03 Å². The summed E-state index contributed by atoms with van der Waals surface area (Å²) in [6, 6.07) is 4.52. The van der Waals surface area contributed by atoms with Crippen molar-refractivity contribution in [2.45, 2.75) is 0 Å². The van der Waals surface area contributed by atoms with E-state index in [1.807, 2.05) is 5.32 Å². The van der Waals surface area contributed by atoms with Crippen molar-refractivity contribution >= 4 is 28.8 Å². The van der Waals surface area contributed by atoms with Gasteiger partial charge in [0, 0.05) is 18.2 Å². The maximum Gasteiger partial charge on any atom is 0.323 e. The molecule has 0 bridgehead atoms. The fourth-order valence-electron chi connectivity index (χ4n) is 1.74. The summed E-state index contributed by atoms with van der Waals surface area (Å²) in [6.45, 7) is 0. The molecule has 0 radical (unpaired) electrons. The third-order valence-corrected chi connectivity index (χ3v) is 2.85. The van der Waals surface area contributed by atoms with Crippen LogP contribution in [-0.4, -0.2) is 21.0 Å². The van der Waals surface area contributed by atoms with Gasteiger partial charge in [0.1, 0.15) is 11.6 Å². The van der Waals surface area contributed by atoms with E-state index < -0.39 is 38.8 Å². The fourth-order valence-corrected chi connectivity index (χ4v) is 1.74. The van der Waals surface area contributed by atoms with Crippen LogP contribution in [0.3, 0.4) is 0 Å². The molecule has 2 aromatic rings. The molecule has 0 unspecified atom stereocenters. The van der Waals surface area contributed by atoms with Crippen LogP contribution in [0.5, 0.6) is 5.75 Å². The van der Waals surface area contributed by atoms with Crippen LogP contribution in [0.15, 0.2) is 36.4 Å². The van der Waals surface area contributed by atoms with Crippen molar-refractivity contribution in [2.75, 3.05) is 10.6 Å². The molecule has 0 spiro atoms. The number of nitrogens with one attached hydrogen (secondary N) is 2. The van der Waals surface area contributed by atoms with Crippen LogP contribution < -0.4 is 10.6 Å². The van der Waals surface area contributed by atoms with Gasteiger partial charge in [-0.2, -0.15) is 0 Å². The molecular formula is C13H9FN4O6. The molecule has 0 aliphatic carbocycles. The second-order valence-electron chi connectivity index (χ2n) is 4.46. The number of benzene rings is 2. The molecule has 0 atom stereocenters. The number of anilines is 2. The molecule has 2 amide bonds. The van der Waals surface area contributed by atoms with Gasteiger partial charge in [0.05, 0.1) is 27.3 Å². The van der Waals surface area contributed by atoms with Gasteiger partial charge in [0.2, 0.25) is 0 Å². The summed E-state index contributed by atoms with van der Waals surface area (Å²) in [4.78, 5) is 31.5. The number of nitro benzene ring substituents is 2. The molecule has 3 N–H and O–H groups in total. The van der Waals surface area contributed by atoms with Crippen molar-refractivity contribution < 1.29 is 24.1 Å². The summed E-state index contributed by atoms with van der Waals surface area (Å²) in [6.07, 6.45) is 0. The molecule has 24 heavy (non-hydrogen) atoms. The maximum atomic E-state index is 13.6. The molecule has 2 aromatic carbocycles. The Balaban J connectivity index is 2.15. The number of hydrogen-bond donors (Lipinski definition) is 3. The van der Waals surface area contributed by atoms with Gasteiger partial charge in [0.25, 0.3) is 11.4 Å². The maximum absolute atomic E-state index is 13.6. The smallest absolute Gasteiger partial charge is 0.323 e. The minimum absolute atomic E-state index is 0.163. The van der Waals surface area contributed by atoms with Crippen LogP contribution in [0.25, 0.3) is 0 Å². The molecule has 0 aliphatic rings. The molecule has 0 saturated carbocycles. The molecule has 0 fully saturated rings. The number of nitrogens with zero attached hydrogens (tertiary/aromatic N) is 2. The van der Waals surface area contributed by atoms with E-state index in [0.29, 0.717) is 0 Å². The highest BCUT2D eigenvalue weighted by Crippen LogP contribution is 2.28. The van der Waals surface area contributed by atoms with Gasteiger partial charge in [-0.15, -0.1) is 0 Å². The van der Waals surface area contributed by atoms with Crippen LogP contribution in [0.2, 0.25) is 0 Å². The fraction of sp³-hybridized carbons (Fsp3) is 0. The van der Waals surface area contributed by atoms with E-state index in [0.717, 1.165) is 36.4 Å². The van der Waals surface area contributed by atoms with Crippen LogP contribution in [0.1, 0.15) is 0 Å². The van der Waals surface area contributed by atoms with E-state index in [2.05, 4.69) is 5.32 Å². The number of phenols is 1. The summed E-state index contributed by atoms with van der Waals surface area (Å²) in [5.41, 5.74) is -1.42. The lowest BCUT2D eigenvalue weighted by Crippen LogP contribution is -2.20. The number of halogens is 1. The topological polar surface area (TPSA) is 148 Å². The number of nitro groups is 2. The molecule has 0 aromatic heterocycles. The second-order valence-corrected chi connectivity index (χ2v) is 4.46. The van der Waals surface area contributed by atoms with Crippen molar-refractivity contribution in [3.05, 3.63) is 62.4 Å². The van der Waals surface area contributed by atoms with E-state index in [4.69, 9.17) is 0 Å². The first-order valence-corrected chi connectivity index (χ1v) is 6.27. The van der Waals surface area contributed by atoms with Crippen LogP contribution in [0, 0.1) is 26.0 Å². The Hall–Kier alpha value is -3.76. The Morgan fingerprint density at radius 2 is 1.50 bits per heavy atom. The van der Waals surface area contributed by atoms with Crippen LogP contribution >= 0.6 is 0 Å². The van der Waals surface area contributed by atoms with Crippen molar-refractivity contribution in [2.24, 2.45) is 0 Å². The van der Waals surface area contributed by atoms with E-state index in [-0.39, 0.29) is 11.4 Å². The predicted molar refractivity (Wildman–Crippen MR) is 80.5 cm³/mol. The predicted octanol–water partition coefficient (Wildman–Crippen LogP) is 2.99. The number of carbonyl (C=O) groups excluding carboxylic acids is 1. The Morgan fingerprint density at radius 3 is 2.08 bits per heavy atom. The van der Waals surface area contributed by atoms with Gasteiger partial charge in [-0.25, -0.2) is 9.18 Å². The number of aromatic hydroxyl groups is 1. The highest BCUT2D eigenvalue weighted by atomic mass is 19.1. The van der Waals surface area contributed by atoms with Crippen LogP contribution in [0.4, 0.5) is 31.9 Å². The number of phenolic OH excluding ortho intramolecular Hbond substituents is 1.